The third-order valence-corrected chi connectivity index (χ3v) is 4.06. The highest BCUT2D eigenvalue weighted by molar-refractivity contribution is 6.03. The largest absolute Gasteiger partial charge is 0.364 e. The molecule has 0 radical (unpaired) electrons. The molecule has 0 spiro atoms. The summed E-state index contributed by atoms with van der Waals surface area (Å²) in [6.07, 6.45) is 1.59. The van der Waals surface area contributed by atoms with Crippen LogP contribution in [0.3, 0.4) is 0 Å². The van der Waals surface area contributed by atoms with Gasteiger partial charge < -0.3 is 11.1 Å². The maximum atomic E-state index is 12.7. The van der Waals surface area contributed by atoms with Crippen LogP contribution < -0.4 is 11.1 Å². The summed E-state index contributed by atoms with van der Waals surface area (Å²) in [5.74, 6) is -0.770. The minimum Gasteiger partial charge on any atom is -0.364 e. The number of para-hydroxylation sites is 2. The summed E-state index contributed by atoms with van der Waals surface area (Å²) in [6, 6.07) is 10.4. The Morgan fingerprint density at radius 2 is 1.86 bits per heavy atom. The number of nitrogens with zero attached hydrogens (tertiary/aromatic N) is 6. The minimum atomic E-state index is -0.632. The number of benzene rings is 1. The molecule has 0 unspecified atom stereocenters. The smallest absolute Gasteiger partial charge is 0.295 e. The second kappa shape index (κ2) is 6.58. The first-order chi connectivity index (χ1) is 13.4. The molecule has 0 fully saturated rings. The average molecular weight is 376 g/mol. The molecule has 4 aromatic rings. The van der Waals surface area contributed by atoms with Crippen LogP contribution in [0.1, 0.15) is 32.5 Å². The van der Waals surface area contributed by atoms with Crippen LogP contribution in [0, 0.1) is 13.8 Å². The number of carbonyl (C=O) groups excluding carboxylic acids is 2. The molecule has 10 heteroatoms. The third-order valence-electron chi connectivity index (χ3n) is 4.06. The van der Waals surface area contributed by atoms with Crippen molar-refractivity contribution in [2.45, 2.75) is 13.8 Å². The van der Waals surface area contributed by atoms with E-state index in [1.807, 2.05) is 19.9 Å². The van der Waals surface area contributed by atoms with Crippen LogP contribution in [0.15, 0.2) is 42.6 Å². The quantitative estimate of drug-likeness (QED) is 0.551. The molecule has 0 saturated heterocycles. The molecule has 10 nitrogen and oxygen atoms in total. The first kappa shape index (κ1) is 17.3. The van der Waals surface area contributed by atoms with Crippen LogP contribution in [-0.2, 0) is 0 Å². The monoisotopic (exact) mass is 376 g/mol. The molecule has 0 atom stereocenters. The maximum Gasteiger partial charge on any atom is 0.295 e. The Kier molecular flexibility index (Phi) is 4.07. The van der Waals surface area contributed by atoms with Gasteiger partial charge in [0.25, 0.3) is 17.6 Å². The molecule has 0 bridgehead atoms. The van der Waals surface area contributed by atoms with Gasteiger partial charge in [0.2, 0.25) is 5.82 Å². The van der Waals surface area contributed by atoms with Crippen LogP contribution in [0.5, 0.6) is 0 Å². The normalized spacial score (nSPS) is 10.9. The first-order valence-corrected chi connectivity index (χ1v) is 8.39. The highest BCUT2D eigenvalue weighted by Crippen LogP contribution is 2.20. The third kappa shape index (κ3) is 3.07. The van der Waals surface area contributed by atoms with E-state index >= 15 is 0 Å². The van der Waals surface area contributed by atoms with Crippen LogP contribution >= 0.6 is 0 Å². The lowest BCUT2D eigenvalue weighted by atomic mass is 10.2. The summed E-state index contributed by atoms with van der Waals surface area (Å²) >= 11 is 0. The van der Waals surface area contributed by atoms with E-state index in [0.29, 0.717) is 17.2 Å². The molecule has 3 heterocycles. The van der Waals surface area contributed by atoms with E-state index in [4.69, 9.17) is 5.73 Å². The molecule has 2 amide bonds. The molecule has 0 aliphatic carbocycles. The number of carbonyl (C=O) groups is 2. The number of aryl methyl sites for hydroxylation is 2. The second-order valence-corrected chi connectivity index (χ2v) is 6.17. The van der Waals surface area contributed by atoms with Gasteiger partial charge in [0.15, 0.2) is 0 Å². The van der Waals surface area contributed by atoms with Gasteiger partial charge in [0, 0.05) is 17.6 Å². The van der Waals surface area contributed by atoms with Gasteiger partial charge in [-0.3, -0.25) is 9.59 Å². The Labute approximate surface area is 159 Å². The second-order valence-electron chi connectivity index (χ2n) is 6.17. The van der Waals surface area contributed by atoms with Gasteiger partial charge >= 0.3 is 0 Å². The van der Waals surface area contributed by atoms with Crippen molar-refractivity contribution < 1.29 is 9.59 Å². The fourth-order valence-corrected chi connectivity index (χ4v) is 2.81. The fraction of sp³-hybridized carbons (Fsp3) is 0.111. The van der Waals surface area contributed by atoms with E-state index in [1.165, 1.54) is 15.3 Å². The Hall–Kier alpha value is -4.08. The van der Waals surface area contributed by atoms with Crippen molar-refractivity contribution in [3.8, 4) is 5.69 Å². The number of anilines is 1. The summed E-state index contributed by atoms with van der Waals surface area (Å²) in [5.41, 5.74) is 8.03. The summed E-state index contributed by atoms with van der Waals surface area (Å²) in [6.45, 7) is 3.71. The topological polar surface area (TPSA) is 133 Å². The first-order valence-electron chi connectivity index (χ1n) is 8.39. The van der Waals surface area contributed by atoms with Crippen molar-refractivity contribution in [2.75, 3.05) is 5.32 Å². The van der Waals surface area contributed by atoms with Crippen LogP contribution in [0.25, 0.3) is 11.5 Å². The van der Waals surface area contributed by atoms with Crippen LogP contribution in [0.2, 0.25) is 0 Å². The van der Waals surface area contributed by atoms with Crippen molar-refractivity contribution in [3.63, 3.8) is 0 Å². The number of fused-ring (bicyclic) bond motifs is 1. The molecular formula is C18H16N8O2. The Morgan fingerprint density at radius 3 is 2.61 bits per heavy atom. The summed E-state index contributed by atoms with van der Waals surface area (Å²) < 4.78 is 2.97. The standard InChI is InChI=1S/C18H16N8O2/c1-10-9-11(2)26-18(20-10)22-16(24-26)17(28)21-12-5-3-4-6-14(12)25-8-7-13(23-25)15(19)27/h3-9H,1-2H3,(H2,19,27)(H,21,28). The number of nitrogens with two attached hydrogens (primary N) is 1. The molecule has 0 aliphatic rings. The Morgan fingerprint density at radius 1 is 1.07 bits per heavy atom. The highest BCUT2D eigenvalue weighted by atomic mass is 16.2. The van der Waals surface area contributed by atoms with Crippen LogP contribution in [0.4, 0.5) is 5.69 Å². The Balaban J connectivity index is 1.67. The highest BCUT2D eigenvalue weighted by Gasteiger charge is 2.17. The van der Waals surface area contributed by atoms with Crippen molar-refractivity contribution >= 4 is 23.3 Å². The number of hydrogen-bond acceptors (Lipinski definition) is 6. The molecular weight excluding hydrogens is 360 g/mol. The SMILES string of the molecule is Cc1cc(C)n2nc(C(=O)Nc3ccccc3-n3ccc(C(N)=O)n3)nc2n1. The zero-order valence-electron chi connectivity index (χ0n) is 15.1. The molecule has 4 rings (SSSR count). The molecule has 140 valence electrons. The van der Waals surface area contributed by atoms with E-state index in [1.54, 1.807) is 30.5 Å². The fourth-order valence-electron chi connectivity index (χ4n) is 2.81. The number of hydrogen-bond donors (Lipinski definition) is 2. The van der Waals surface area contributed by atoms with Crippen molar-refractivity contribution in [2.24, 2.45) is 5.73 Å². The van der Waals surface area contributed by atoms with Crippen molar-refractivity contribution in [1.29, 1.82) is 0 Å². The summed E-state index contributed by atoms with van der Waals surface area (Å²) in [7, 11) is 0. The van der Waals surface area contributed by atoms with Gasteiger partial charge in [0.05, 0.1) is 11.4 Å². The zero-order chi connectivity index (χ0) is 19.8. The predicted molar refractivity (Wildman–Crippen MR) is 100 cm³/mol. The minimum absolute atomic E-state index is 0.00528. The lowest BCUT2D eigenvalue weighted by Crippen LogP contribution is -2.16. The van der Waals surface area contributed by atoms with Crippen LogP contribution in [-0.4, -0.2) is 41.2 Å². The number of amides is 2. The van der Waals surface area contributed by atoms with Gasteiger partial charge in [-0.25, -0.2) is 14.2 Å². The van der Waals surface area contributed by atoms with Gasteiger partial charge in [-0.2, -0.15) is 10.1 Å². The van der Waals surface area contributed by atoms with E-state index in [2.05, 4.69) is 25.5 Å². The van der Waals surface area contributed by atoms with Crippen molar-refractivity contribution in [3.05, 3.63) is 65.5 Å². The number of aromatic nitrogens is 6. The van der Waals surface area contributed by atoms with E-state index < -0.39 is 11.8 Å². The zero-order valence-corrected chi connectivity index (χ0v) is 15.1. The Bertz CT molecular complexity index is 1220. The van der Waals surface area contributed by atoms with Crippen molar-refractivity contribution in [1.82, 2.24) is 29.4 Å². The van der Waals surface area contributed by atoms with E-state index in [0.717, 1.165) is 11.4 Å². The van der Waals surface area contributed by atoms with Gasteiger partial charge in [-0.1, -0.05) is 12.1 Å². The molecule has 0 aliphatic heterocycles. The maximum absolute atomic E-state index is 12.7. The summed E-state index contributed by atoms with van der Waals surface area (Å²) in [4.78, 5) is 32.5. The molecule has 1 aromatic carbocycles. The van der Waals surface area contributed by atoms with E-state index in [9.17, 15) is 9.59 Å². The summed E-state index contributed by atoms with van der Waals surface area (Å²) in [5, 5.41) is 11.1. The average Bonchev–Trinajstić information content (AvgIpc) is 3.29. The van der Waals surface area contributed by atoms with E-state index in [-0.39, 0.29) is 11.5 Å². The molecule has 28 heavy (non-hydrogen) atoms. The molecule has 3 N–H and O–H groups in total. The number of nitrogens with one attached hydrogen (secondary N) is 1. The lowest BCUT2D eigenvalue weighted by Gasteiger charge is -2.09. The predicted octanol–water partition coefficient (Wildman–Crippen LogP) is 1.28. The number of primary amides is 1. The lowest BCUT2D eigenvalue weighted by molar-refractivity contribution is 0.0991. The van der Waals surface area contributed by atoms with Gasteiger partial charge in [-0.15, -0.1) is 5.10 Å². The van der Waals surface area contributed by atoms with Gasteiger partial charge in [-0.05, 0) is 38.1 Å². The molecule has 3 aromatic heterocycles. The van der Waals surface area contributed by atoms with Gasteiger partial charge in [0.1, 0.15) is 5.69 Å². The molecule has 0 saturated carbocycles. The number of rotatable bonds is 4.